The Morgan fingerprint density at radius 1 is 0.579 bits per heavy atom. The molecule has 1 aliphatic rings. The lowest BCUT2D eigenvalue weighted by Gasteiger charge is -2.34. The second kappa shape index (κ2) is 23.5. The normalized spacial score (nSPS) is 12.3. The third kappa shape index (κ3) is 11.6. The van der Waals surface area contributed by atoms with Gasteiger partial charge in [0.1, 0.15) is 30.1 Å². The van der Waals surface area contributed by atoms with Crippen LogP contribution in [0.1, 0.15) is 70.2 Å². The van der Waals surface area contributed by atoms with E-state index in [9.17, 15) is 19.8 Å². The van der Waals surface area contributed by atoms with Crippen molar-refractivity contribution in [2.24, 2.45) is 0 Å². The van der Waals surface area contributed by atoms with E-state index in [0.717, 1.165) is 37.6 Å². The lowest BCUT2D eigenvalue weighted by molar-refractivity contribution is -0.215. The molecule has 14 heteroatoms. The van der Waals surface area contributed by atoms with Crippen LogP contribution >= 0.6 is 31.9 Å². The van der Waals surface area contributed by atoms with Crippen LogP contribution in [-0.2, 0) is 34.0 Å². The monoisotopic (exact) mass is 916 g/mol. The minimum atomic E-state index is -1.24. The van der Waals surface area contributed by atoms with E-state index < -0.39 is 17.4 Å². The number of benzene rings is 4. The SMILES string of the molecule is CC.CCCOCCOCCOOc1ccc(C2(c3ccc(OCCOCCOCCOC)c(C(=O)O)c3)c3cc(Br)ccc3-c3ccc(Br)cc32)cc1C(=O)O. The number of carbonyl (C=O) groups is 2. The number of fused-ring (bicyclic) bond motifs is 3. The molecular weight excluding hydrogens is 868 g/mol. The van der Waals surface area contributed by atoms with Crippen LogP contribution in [0.2, 0.25) is 0 Å². The fourth-order valence-corrected chi connectivity index (χ4v) is 7.18. The second-order valence-electron chi connectivity index (χ2n) is 12.4. The molecule has 0 bridgehead atoms. The third-order valence-corrected chi connectivity index (χ3v) is 9.80. The highest BCUT2D eigenvalue weighted by Gasteiger charge is 2.47. The summed E-state index contributed by atoms with van der Waals surface area (Å²) in [5.41, 5.74) is 3.22. The number of halogens is 2. The molecule has 0 atom stereocenters. The highest BCUT2D eigenvalue weighted by molar-refractivity contribution is 9.10. The van der Waals surface area contributed by atoms with Gasteiger partial charge in [-0.2, -0.15) is 4.89 Å². The lowest BCUT2D eigenvalue weighted by atomic mass is 9.67. The molecule has 1 aliphatic carbocycles. The van der Waals surface area contributed by atoms with Crippen LogP contribution in [0.25, 0.3) is 11.1 Å². The third-order valence-electron chi connectivity index (χ3n) is 8.82. The number of aromatic carboxylic acids is 2. The first-order valence-corrected chi connectivity index (χ1v) is 20.4. The summed E-state index contributed by atoms with van der Waals surface area (Å²) in [6.07, 6.45) is 0.922. The van der Waals surface area contributed by atoms with E-state index in [1.54, 1.807) is 37.4 Å². The Kier molecular flexibility index (Phi) is 18.9. The molecule has 0 aliphatic heterocycles. The molecule has 0 fully saturated rings. The summed E-state index contributed by atoms with van der Waals surface area (Å²) < 4.78 is 34.3. The maximum absolute atomic E-state index is 12.8. The van der Waals surface area contributed by atoms with Crippen LogP contribution in [-0.4, -0.2) is 102 Å². The minimum absolute atomic E-state index is 0.00154. The Bertz CT molecular complexity index is 1780. The summed E-state index contributed by atoms with van der Waals surface area (Å²) in [7, 11) is 1.60. The van der Waals surface area contributed by atoms with Crippen molar-refractivity contribution in [3.8, 4) is 22.6 Å². The average Bonchev–Trinajstić information content (AvgIpc) is 3.49. The molecule has 0 radical (unpaired) electrons. The molecular formula is C43H50Br2O12. The summed E-state index contributed by atoms with van der Waals surface area (Å²) >= 11 is 7.29. The van der Waals surface area contributed by atoms with E-state index in [-0.39, 0.29) is 49.1 Å². The Labute approximate surface area is 350 Å². The highest BCUT2D eigenvalue weighted by atomic mass is 79.9. The standard InChI is InChI=1S/C41H44Br2O12.C2H6/c1-3-12-49-15-16-52-20-22-54-55-38-11-5-28(24-34(38)40(46)47)41(35-25-29(42)6-8-31(35)32-9-7-30(43)26-36(32)41)27-4-10-37(33(23-27)39(44)45)53-21-19-51-18-17-50-14-13-48-2;1-2/h4-11,23-26H,3,12-22H2,1-2H3,(H,44,45)(H,46,47);1-2H3. The van der Waals surface area contributed by atoms with Crippen molar-refractivity contribution in [1.29, 1.82) is 0 Å². The van der Waals surface area contributed by atoms with Crippen molar-refractivity contribution < 1.29 is 58.0 Å². The highest BCUT2D eigenvalue weighted by Crippen LogP contribution is 2.57. The molecule has 0 spiro atoms. The quantitative estimate of drug-likeness (QED) is 0.0346. The van der Waals surface area contributed by atoms with Crippen LogP contribution in [0.3, 0.4) is 0 Å². The van der Waals surface area contributed by atoms with Gasteiger partial charge in [-0.1, -0.05) is 76.9 Å². The average molecular weight is 919 g/mol. The lowest BCUT2D eigenvalue weighted by Crippen LogP contribution is -2.29. The zero-order valence-corrected chi connectivity index (χ0v) is 35.8. The topological polar surface area (TPSA) is 148 Å². The van der Waals surface area contributed by atoms with Crippen molar-refractivity contribution in [1.82, 2.24) is 0 Å². The maximum Gasteiger partial charge on any atom is 0.339 e. The number of carboxylic acids is 2. The van der Waals surface area contributed by atoms with Gasteiger partial charge in [0.25, 0.3) is 0 Å². The molecule has 0 unspecified atom stereocenters. The van der Waals surface area contributed by atoms with Crippen LogP contribution < -0.4 is 9.62 Å². The number of carboxylic acid groups (broad SMARTS) is 2. The van der Waals surface area contributed by atoms with Gasteiger partial charge in [0.2, 0.25) is 0 Å². The Balaban J connectivity index is 0.00000354. The molecule has 0 amide bonds. The fourth-order valence-electron chi connectivity index (χ4n) is 6.46. The van der Waals surface area contributed by atoms with Crippen LogP contribution in [0, 0.1) is 0 Å². The Hall–Kier alpha value is -3.86. The van der Waals surface area contributed by atoms with Gasteiger partial charge in [-0.05, 0) is 88.3 Å². The van der Waals surface area contributed by atoms with Gasteiger partial charge < -0.3 is 43.5 Å². The minimum Gasteiger partial charge on any atom is -0.490 e. The molecule has 4 aromatic rings. The molecule has 57 heavy (non-hydrogen) atoms. The molecule has 4 aromatic carbocycles. The zero-order valence-electron chi connectivity index (χ0n) is 32.6. The van der Waals surface area contributed by atoms with Crippen molar-refractivity contribution in [2.45, 2.75) is 32.6 Å². The molecule has 5 rings (SSSR count). The van der Waals surface area contributed by atoms with E-state index in [1.165, 1.54) is 0 Å². The van der Waals surface area contributed by atoms with E-state index >= 15 is 0 Å². The smallest absolute Gasteiger partial charge is 0.339 e. The molecule has 0 saturated heterocycles. The van der Waals surface area contributed by atoms with Gasteiger partial charge in [0, 0.05) is 22.7 Å². The van der Waals surface area contributed by atoms with Crippen molar-refractivity contribution in [3.63, 3.8) is 0 Å². The van der Waals surface area contributed by atoms with Gasteiger partial charge in [0.05, 0.1) is 58.3 Å². The number of methoxy groups -OCH3 is 1. The van der Waals surface area contributed by atoms with E-state index in [2.05, 4.69) is 31.9 Å². The Morgan fingerprint density at radius 2 is 1.04 bits per heavy atom. The van der Waals surface area contributed by atoms with Crippen molar-refractivity contribution in [3.05, 3.63) is 115 Å². The summed E-state index contributed by atoms with van der Waals surface area (Å²) in [5.74, 6) is -2.26. The summed E-state index contributed by atoms with van der Waals surface area (Å²) in [5, 5.41) is 20.9. The van der Waals surface area contributed by atoms with Crippen LogP contribution in [0.15, 0.2) is 81.7 Å². The van der Waals surface area contributed by atoms with E-state index in [4.69, 9.17) is 38.2 Å². The van der Waals surface area contributed by atoms with E-state index in [1.807, 2.05) is 63.2 Å². The molecule has 0 aromatic heterocycles. The second-order valence-corrected chi connectivity index (χ2v) is 14.2. The van der Waals surface area contributed by atoms with Gasteiger partial charge in [-0.3, -0.25) is 0 Å². The van der Waals surface area contributed by atoms with Gasteiger partial charge in [-0.25, -0.2) is 9.59 Å². The zero-order chi connectivity index (χ0) is 41.2. The maximum atomic E-state index is 12.8. The fraction of sp³-hybridized carbons (Fsp3) is 0.395. The number of ether oxygens (including phenoxy) is 6. The van der Waals surface area contributed by atoms with Gasteiger partial charge >= 0.3 is 11.9 Å². The summed E-state index contributed by atoms with van der Waals surface area (Å²) in [6.45, 7) is 9.86. The van der Waals surface area contributed by atoms with Crippen LogP contribution in [0.4, 0.5) is 0 Å². The Morgan fingerprint density at radius 3 is 1.54 bits per heavy atom. The van der Waals surface area contributed by atoms with E-state index in [0.29, 0.717) is 57.4 Å². The summed E-state index contributed by atoms with van der Waals surface area (Å²) in [6, 6.07) is 21.7. The summed E-state index contributed by atoms with van der Waals surface area (Å²) in [4.78, 5) is 36.5. The van der Waals surface area contributed by atoms with Crippen molar-refractivity contribution >= 4 is 43.8 Å². The first kappa shape index (κ1) is 45.8. The van der Waals surface area contributed by atoms with Crippen molar-refractivity contribution in [2.75, 3.05) is 79.8 Å². The van der Waals surface area contributed by atoms with Gasteiger partial charge in [-0.15, -0.1) is 0 Å². The predicted molar refractivity (Wildman–Crippen MR) is 222 cm³/mol. The largest absolute Gasteiger partial charge is 0.490 e. The molecule has 308 valence electrons. The first-order chi connectivity index (χ1) is 27.7. The molecule has 0 saturated carbocycles. The first-order valence-electron chi connectivity index (χ1n) is 18.8. The number of hydrogen-bond acceptors (Lipinski definition) is 10. The van der Waals surface area contributed by atoms with Crippen LogP contribution in [0.5, 0.6) is 11.5 Å². The predicted octanol–water partition coefficient (Wildman–Crippen LogP) is 8.81. The number of rotatable bonds is 24. The number of hydrogen-bond donors (Lipinski definition) is 2. The molecule has 0 heterocycles. The molecule has 12 nitrogen and oxygen atoms in total. The molecule has 2 N–H and O–H groups in total. The van der Waals surface area contributed by atoms with Gasteiger partial charge in [0.15, 0.2) is 5.75 Å².